The molecule has 0 saturated heterocycles. The van der Waals surface area contributed by atoms with E-state index in [0.29, 0.717) is 0 Å². The van der Waals surface area contributed by atoms with E-state index < -0.39 is 43.2 Å². The van der Waals surface area contributed by atoms with Crippen molar-refractivity contribution in [3.8, 4) is 0 Å². The Hall–Kier alpha value is 0.377. The molecule has 2 unspecified atom stereocenters. The maximum Gasteiger partial charge on any atom is 0.397 e. The van der Waals surface area contributed by atoms with E-state index in [-0.39, 0.29) is 6.04 Å². The maximum absolute atomic E-state index is 13.6. The van der Waals surface area contributed by atoms with Gasteiger partial charge in [0, 0.05) is 6.42 Å². The minimum Gasteiger partial charge on any atom is -0.237 e. The lowest BCUT2D eigenvalue weighted by atomic mass is 9.66. The molecule has 0 aliphatic heterocycles. The number of alkyl halides is 6. The van der Waals surface area contributed by atoms with Gasteiger partial charge in [0.15, 0.2) is 5.67 Å². The summed E-state index contributed by atoms with van der Waals surface area (Å²) in [6, 6.07) is -0.202. The first kappa shape index (κ1) is 15.4. The number of rotatable bonds is 3. The second-order valence-corrected chi connectivity index (χ2v) is 12.7. The Morgan fingerprint density at radius 2 is 1.71 bits per heavy atom. The van der Waals surface area contributed by atoms with Gasteiger partial charge < -0.3 is 0 Å². The monoisotopic (exact) mass is 318 g/mol. The van der Waals surface area contributed by atoms with E-state index in [4.69, 9.17) is 22.2 Å². The lowest BCUT2D eigenvalue weighted by molar-refractivity contribution is -0.342. The molecule has 0 aromatic rings. The molecule has 0 amide bonds. The van der Waals surface area contributed by atoms with Gasteiger partial charge in [-0.2, -0.15) is 13.2 Å². The van der Waals surface area contributed by atoms with Crippen molar-refractivity contribution in [2.45, 2.75) is 43.2 Å². The molecule has 102 valence electrons. The molecule has 0 N–H and O–H groups in total. The average molecular weight is 319 g/mol. The average Bonchev–Trinajstić information content (AvgIpc) is 2.07. The van der Waals surface area contributed by atoms with Crippen LogP contribution in [0, 0.1) is 5.92 Å². The molecule has 0 spiro atoms. The molecule has 1 aliphatic carbocycles. The summed E-state index contributed by atoms with van der Waals surface area (Å²) < 4.78 is 76.3. The zero-order valence-corrected chi connectivity index (χ0v) is 11.2. The summed E-state index contributed by atoms with van der Waals surface area (Å²) in [7, 11) is 0. The predicted octanol–water partition coefficient (Wildman–Crippen LogP) is 4.85. The third-order valence-corrected chi connectivity index (χ3v) is 5.18. The van der Waals surface area contributed by atoms with Crippen LogP contribution in [0.5, 0.6) is 0 Å². The maximum atomic E-state index is 13.6. The SMILES string of the molecule is C[Si](Cl)(Cl)CCC1(F)CC(C(F)(F)F)C1(F)F. The molecule has 1 fully saturated rings. The van der Waals surface area contributed by atoms with E-state index in [9.17, 15) is 26.3 Å². The molecule has 17 heavy (non-hydrogen) atoms. The Labute approximate surface area is 105 Å². The van der Waals surface area contributed by atoms with Gasteiger partial charge in [-0.1, -0.05) is 0 Å². The largest absolute Gasteiger partial charge is 0.397 e. The summed E-state index contributed by atoms with van der Waals surface area (Å²) in [4.78, 5) is 0. The van der Waals surface area contributed by atoms with Crippen molar-refractivity contribution in [3.63, 3.8) is 0 Å². The molecule has 9 heteroatoms. The van der Waals surface area contributed by atoms with Crippen LogP contribution in [0.3, 0.4) is 0 Å². The Kier molecular flexibility index (Phi) is 3.81. The van der Waals surface area contributed by atoms with Crippen LogP contribution in [0.25, 0.3) is 0 Å². The molecule has 0 aromatic carbocycles. The minimum absolute atomic E-state index is 0.202. The highest BCUT2D eigenvalue weighted by molar-refractivity contribution is 7.44. The van der Waals surface area contributed by atoms with Crippen LogP contribution >= 0.6 is 22.2 Å². The van der Waals surface area contributed by atoms with Crippen LogP contribution in [0.4, 0.5) is 26.3 Å². The van der Waals surface area contributed by atoms with Gasteiger partial charge in [0.2, 0.25) is 6.69 Å². The fraction of sp³-hybridized carbons (Fsp3) is 1.00. The smallest absolute Gasteiger partial charge is 0.237 e. The quantitative estimate of drug-likeness (QED) is 0.396. The van der Waals surface area contributed by atoms with Crippen LogP contribution in [0.2, 0.25) is 12.6 Å². The van der Waals surface area contributed by atoms with Crippen molar-refractivity contribution in [2.24, 2.45) is 5.92 Å². The van der Waals surface area contributed by atoms with Gasteiger partial charge in [-0.15, -0.1) is 22.2 Å². The normalized spacial score (nSPS) is 33.4. The topological polar surface area (TPSA) is 0 Å². The molecule has 1 aliphatic rings. The number of hydrogen-bond acceptors (Lipinski definition) is 0. The van der Waals surface area contributed by atoms with Crippen molar-refractivity contribution >= 4 is 28.9 Å². The molecule has 0 radical (unpaired) electrons. The first-order valence-corrected chi connectivity index (χ1v) is 9.54. The number of halogens is 8. The van der Waals surface area contributed by atoms with E-state index in [0.717, 1.165) is 0 Å². The zero-order valence-electron chi connectivity index (χ0n) is 8.72. The Bertz CT molecular complexity index is 295. The molecule has 0 bridgehead atoms. The molecule has 0 heterocycles. The van der Waals surface area contributed by atoms with Crippen molar-refractivity contribution in [1.29, 1.82) is 0 Å². The summed E-state index contributed by atoms with van der Waals surface area (Å²) in [5.74, 6) is -7.29. The second kappa shape index (κ2) is 4.20. The fourth-order valence-electron chi connectivity index (χ4n) is 1.78. The van der Waals surface area contributed by atoms with Gasteiger partial charge >= 0.3 is 6.18 Å². The number of hydrogen-bond donors (Lipinski definition) is 0. The second-order valence-electron chi connectivity index (χ2n) is 4.46. The molecular weight excluding hydrogens is 309 g/mol. The molecule has 0 aromatic heterocycles. The Morgan fingerprint density at radius 3 is 2.00 bits per heavy atom. The summed E-state index contributed by atoms with van der Waals surface area (Å²) >= 11 is 11.2. The van der Waals surface area contributed by atoms with Gasteiger partial charge in [-0.05, 0) is 19.0 Å². The van der Waals surface area contributed by atoms with E-state index in [2.05, 4.69) is 0 Å². The van der Waals surface area contributed by atoms with E-state index in [1.54, 1.807) is 0 Å². The highest BCUT2D eigenvalue weighted by Gasteiger charge is 2.76. The standard InChI is InChI=1S/C8H10Cl2F6Si/c1-17(9,10)3-2-6(11)4-5(7(6,12)13)8(14,15)16/h5H,2-4H2,1H3. The van der Waals surface area contributed by atoms with Gasteiger partial charge in [0.05, 0.1) is 0 Å². The van der Waals surface area contributed by atoms with Crippen molar-refractivity contribution < 1.29 is 26.3 Å². The van der Waals surface area contributed by atoms with Gasteiger partial charge in [-0.3, -0.25) is 0 Å². The van der Waals surface area contributed by atoms with Crippen LogP contribution in [0.1, 0.15) is 12.8 Å². The van der Waals surface area contributed by atoms with Crippen LogP contribution < -0.4 is 0 Å². The van der Waals surface area contributed by atoms with Gasteiger partial charge in [-0.25, -0.2) is 13.2 Å². The summed E-state index contributed by atoms with van der Waals surface area (Å²) in [5, 5.41) is 0. The van der Waals surface area contributed by atoms with Crippen LogP contribution in [-0.2, 0) is 0 Å². The van der Waals surface area contributed by atoms with Crippen LogP contribution in [0.15, 0.2) is 0 Å². The van der Waals surface area contributed by atoms with E-state index >= 15 is 0 Å². The van der Waals surface area contributed by atoms with Gasteiger partial charge in [0.1, 0.15) is 5.92 Å². The molecule has 0 nitrogen and oxygen atoms in total. The summed E-state index contributed by atoms with van der Waals surface area (Å²) in [6.45, 7) is -1.39. The van der Waals surface area contributed by atoms with Crippen molar-refractivity contribution in [3.05, 3.63) is 0 Å². The van der Waals surface area contributed by atoms with Crippen molar-refractivity contribution in [2.75, 3.05) is 0 Å². The first-order valence-electron chi connectivity index (χ1n) is 4.81. The third-order valence-electron chi connectivity index (χ3n) is 2.92. The lowest BCUT2D eigenvalue weighted by Gasteiger charge is -2.49. The highest BCUT2D eigenvalue weighted by Crippen LogP contribution is 2.61. The summed E-state index contributed by atoms with van der Waals surface area (Å²) in [5.41, 5.74) is -3.13. The Morgan fingerprint density at radius 1 is 1.24 bits per heavy atom. The first-order chi connectivity index (χ1) is 7.30. The van der Waals surface area contributed by atoms with Crippen LogP contribution in [-0.4, -0.2) is 24.5 Å². The van der Waals surface area contributed by atoms with Crippen molar-refractivity contribution in [1.82, 2.24) is 0 Å². The predicted molar refractivity (Wildman–Crippen MR) is 55.7 cm³/mol. The molecule has 2 atom stereocenters. The lowest BCUT2D eigenvalue weighted by Crippen LogP contribution is -2.65. The molecule has 1 rings (SSSR count). The highest BCUT2D eigenvalue weighted by atomic mass is 35.7. The zero-order chi connectivity index (χ0) is 13.7. The Balaban J connectivity index is 2.70. The summed E-state index contributed by atoms with van der Waals surface area (Å²) in [6.07, 6.45) is -7.04. The van der Waals surface area contributed by atoms with E-state index in [1.807, 2.05) is 0 Å². The minimum atomic E-state index is -5.08. The molecular formula is C8H10Cl2F6Si. The van der Waals surface area contributed by atoms with E-state index in [1.165, 1.54) is 6.55 Å². The molecule has 1 saturated carbocycles. The third kappa shape index (κ3) is 3.04. The van der Waals surface area contributed by atoms with Gasteiger partial charge in [0.25, 0.3) is 5.92 Å². The fourth-order valence-corrected chi connectivity index (χ4v) is 3.18.